The molecule has 1 aliphatic carbocycles. The van der Waals surface area contributed by atoms with E-state index in [4.69, 9.17) is 23.7 Å². The lowest BCUT2D eigenvalue weighted by molar-refractivity contribution is -0.145. The summed E-state index contributed by atoms with van der Waals surface area (Å²) >= 11 is 1.21. The van der Waals surface area contributed by atoms with Crippen LogP contribution in [0.3, 0.4) is 0 Å². The molecule has 0 heterocycles. The van der Waals surface area contributed by atoms with E-state index in [1.807, 2.05) is 30.3 Å². The van der Waals surface area contributed by atoms with E-state index in [2.05, 4.69) is 0 Å². The molecule has 3 aromatic carbocycles. The number of carbonyl (C=O) groups is 3. The number of thioether (sulfide) groups is 1. The molecule has 0 unspecified atom stereocenters. The molecular weight excluding hydrogens is 544 g/mol. The van der Waals surface area contributed by atoms with Crippen molar-refractivity contribution in [2.24, 2.45) is 11.8 Å². The fourth-order valence-electron chi connectivity index (χ4n) is 4.35. The van der Waals surface area contributed by atoms with Gasteiger partial charge in [-0.2, -0.15) is 0 Å². The zero-order valence-corrected chi connectivity index (χ0v) is 23.8. The molecule has 8 nitrogen and oxygen atoms in total. The number of benzene rings is 3. The zero-order chi connectivity index (χ0) is 28.9. The van der Waals surface area contributed by atoms with Gasteiger partial charge < -0.3 is 23.7 Å². The highest BCUT2D eigenvalue weighted by Gasteiger charge is 2.32. The normalized spacial score (nSPS) is 16.3. The largest absolute Gasteiger partial charge is 0.493 e. The summed E-state index contributed by atoms with van der Waals surface area (Å²) in [5, 5.41) is 0.0554. The van der Waals surface area contributed by atoms with Gasteiger partial charge in [0.1, 0.15) is 42.0 Å². The van der Waals surface area contributed by atoms with E-state index in [0.29, 0.717) is 74.3 Å². The van der Waals surface area contributed by atoms with Crippen LogP contribution >= 0.6 is 11.8 Å². The third kappa shape index (κ3) is 10.2. The standard InChI is InChI=1S/C32H34O8S/c1-23(33)41-22-21-38-28-13-17-30(18-14-28)40-32(35)25-9-7-24(8-10-25)31(34)39-29-15-11-27(12-16-29)37-20-19-36-26-5-3-2-4-6-26/h2-6,11-18,24-25H,7-10,19-22H2,1H3. The topological polar surface area (TPSA) is 97.4 Å². The highest BCUT2D eigenvalue weighted by atomic mass is 32.2. The van der Waals surface area contributed by atoms with E-state index < -0.39 is 0 Å². The Bertz CT molecular complexity index is 1250. The quantitative estimate of drug-likeness (QED) is 0.135. The molecule has 0 amide bonds. The first-order valence-electron chi connectivity index (χ1n) is 13.7. The molecule has 0 spiro atoms. The first-order chi connectivity index (χ1) is 20.0. The fraction of sp³-hybridized carbons (Fsp3) is 0.344. The van der Waals surface area contributed by atoms with Crippen LogP contribution in [0.15, 0.2) is 78.9 Å². The zero-order valence-electron chi connectivity index (χ0n) is 23.0. The summed E-state index contributed by atoms with van der Waals surface area (Å²) in [5.41, 5.74) is 0. The lowest BCUT2D eigenvalue weighted by Gasteiger charge is -2.25. The van der Waals surface area contributed by atoms with E-state index in [9.17, 15) is 14.4 Å². The molecule has 0 aromatic heterocycles. The number of esters is 2. The second-order valence-corrected chi connectivity index (χ2v) is 10.8. The van der Waals surface area contributed by atoms with Gasteiger partial charge in [0.2, 0.25) is 0 Å². The van der Waals surface area contributed by atoms with E-state index in [1.54, 1.807) is 48.5 Å². The molecule has 1 aliphatic rings. The van der Waals surface area contributed by atoms with Gasteiger partial charge in [-0.1, -0.05) is 30.0 Å². The van der Waals surface area contributed by atoms with Crippen LogP contribution in [0, 0.1) is 11.8 Å². The fourth-order valence-corrected chi connectivity index (χ4v) is 4.81. The second kappa shape index (κ2) is 15.7. The van der Waals surface area contributed by atoms with Crippen molar-refractivity contribution >= 4 is 28.8 Å². The lowest BCUT2D eigenvalue weighted by atomic mass is 9.82. The Hall–Kier alpha value is -3.98. The molecule has 0 saturated heterocycles. The Morgan fingerprint density at radius 3 is 1.41 bits per heavy atom. The number of carbonyl (C=O) groups excluding carboxylic acids is 3. The minimum absolute atomic E-state index is 0.0554. The molecule has 0 atom stereocenters. The minimum atomic E-state index is -0.298. The van der Waals surface area contributed by atoms with Crippen LogP contribution in [0.2, 0.25) is 0 Å². The van der Waals surface area contributed by atoms with Crippen LogP contribution < -0.4 is 23.7 Å². The third-order valence-corrected chi connectivity index (χ3v) is 7.28. The molecule has 4 rings (SSSR count). The van der Waals surface area contributed by atoms with Crippen LogP contribution in [0.5, 0.6) is 28.7 Å². The Morgan fingerprint density at radius 1 is 0.585 bits per heavy atom. The smallest absolute Gasteiger partial charge is 0.314 e. The molecule has 0 aliphatic heterocycles. The molecule has 41 heavy (non-hydrogen) atoms. The van der Waals surface area contributed by atoms with Gasteiger partial charge in [0, 0.05) is 12.7 Å². The maximum absolute atomic E-state index is 12.7. The van der Waals surface area contributed by atoms with Gasteiger partial charge in [-0.25, -0.2) is 0 Å². The minimum Gasteiger partial charge on any atom is -0.493 e. The average Bonchev–Trinajstić information content (AvgIpc) is 2.99. The van der Waals surface area contributed by atoms with Gasteiger partial charge in [0.05, 0.1) is 18.4 Å². The molecule has 216 valence electrons. The van der Waals surface area contributed by atoms with Gasteiger partial charge in [-0.15, -0.1) is 0 Å². The number of para-hydroxylation sites is 1. The Morgan fingerprint density at radius 2 is 0.976 bits per heavy atom. The summed E-state index contributed by atoms with van der Waals surface area (Å²) in [4.78, 5) is 36.3. The summed E-state index contributed by atoms with van der Waals surface area (Å²) < 4.78 is 28.0. The average molecular weight is 579 g/mol. The SMILES string of the molecule is CC(=O)SCCOc1ccc(OC(=O)C2CCC(C(=O)Oc3ccc(OCCOc4ccccc4)cc3)CC2)cc1. The Kier molecular flexibility index (Phi) is 11.5. The molecule has 0 bridgehead atoms. The van der Waals surface area contributed by atoms with Crippen molar-refractivity contribution in [2.75, 3.05) is 25.6 Å². The van der Waals surface area contributed by atoms with E-state index in [-0.39, 0.29) is 28.9 Å². The third-order valence-electron chi connectivity index (χ3n) is 6.50. The number of hydrogen-bond donors (Lipinski definition) is 0. The number of ether oxygens (including phenoxy) is 5. The van der Waals surface area contributed by atoms with Crippen molar-refractivity contribution in [1.29, 1.82) is 0 Å². The van der Waals surface area contributed by atoms with Crippen LogP contribution in [0.25, 0.3) is 0 Å². The summed E-state index contributed by atoms with van der Waals surface area (Å²) in [6.07, 6.45) is 2.25. The number of hydrogen-bond acceptors (Lipinski definition) is 9. The molecule has 0 radical (unpaired) electrons. The van der Waals surface area contributed by atoms with E-state index in [0.717, 1.165) is 5.75 Å². The molecule has 9 heteroatoms. The second-order valence-electron chi connectivity index (χ2n) is 9.53. The predicted octanol–water partition coefficient (Wildman–Crippen LogP) is 6.12. The summed E-state index contributed by atoms with van der Waals surface area (Å²) in [5.74, 6) is 2.45. The van der Waals surface area contributed by atoms with Crippen LogP contribution in [-0.2, 0) is 14.4 Å². The summed E-state index contributed by atoms with van der Waals surface area (Å²) in [6.45, 7) is 2.75. The van der Waals surface area contributed by atoms with Crippen molar-refractivity contribution in [1.82, 2.24) is 0 Å². The molecule has 0 N–H and O–H groups in total. The molecule has 1 fully saturated rings. The van der Waals surface area contributed by atoms with Crippen molar-refractivity contribution in [3.63, 3.8) is 0 Å². The van der Waals surface area contributed by atoms with Crippen molar-refractivity contribution in [3.05, 3.63) is 78.9 Å². The van der Waals surface area contributed by atoms with Gasteiger partial charge in [0.25, 0.3) is 0 Å². The van der Waals surface area contributed by atoms with Crippen LogP contribution in [0.4, 0.5) is 0 Å². The molecule has 3 aromatic rings. The van der Waals surface area contributed by atoms with Crippen molar-refractivity contribution in [3.8, 4) is 28.7 Å². The van der Waals surface area contributed by atoms with Gasteiger partial charge in [-0.3, -0.25) is 14.4 Å². The van der Waals surface area contributed by atoms with Crippen molar-refractivity contribution in [2.45, 2.75) is 32.6 Å². The molecule has 1 saturated carbocycles. The van der Waals surface area contributed by atoms with E-state index in [1.165, 1.54) is 18.7 Å². The van der Waals surface area contributed by atoms with E-state index >= 15 is 0 Å². The molecular formula is C32H34O8S. The lowest BCUT2D eigenvalue weighted by Crippen LogP contribution is -2.30. The number of rotatable bonds is 13. The highest BCUT2D eigenvalue weighted by molar-refractivity contribution is 8.13. The van der Waals surface area contributed by atoms with Gasteiger partial charge in [-0.05, 0) is 86.3 Å². The summed E-state index contributed by atoms with van der Waals surface area (Å²) in [6, 6.07) is 23.3. The van der Waals surface area contributed by atoms with Gasteiger partial charge >= 0.3 is 11.9 Å². The first-order valence-corrected chi connectivity index (χ1v) is 14.6. The Labute approximate surface area is 244 Å². The maximum Gasteiger partial charge on any atom is 0.314 e. The monoisotopic (exact) mass is 578 g/mol. The Balaban J connectivity index is 1.13. The van der Waals surface area contributed by atoms with Gasteiger partial charge in [0.15, 0.2) is 5.12 Å². The maximum atomic E-state index is 12.7. The first kappa shape index (κ1) is 30.0. The highest BCUT2D eigenvalue weighted by Crippen LogP contribution is 2.32. The van der Waals surface area contributed by atoms with Crippen LogP contribution in [-0.4, -0.2) is 42.6 Å². The van der Waals surface area contributed by atoms with Crippen LogP contribution in [0.1, 0.15) is 32.6 Å². The predicted molar refractivity (Wildman–Crippen MR) is 156 cm³/mol. The summed E-state index contributed by atoms with van der Waals surface area (Å²) in [7, 11) is 0. The van der Waals surface area contributed by atoms with Crippen molar-refractivity contribution < 1.29 is 38.1 Å².